The first kappa shape index (κ1) is 20.0. The minimum absolute atomic E-state index is 0.309. The van der Waals surface area contributed by atoms with E-state index in [1.54, 1.807) is 19.2 Å². The fraction of sp³-hybridized carbons (Fsp3) is 0.524. The predicted molar refractivity (Wildman–Crippen MR) is 110 cm³/mol. The first-order chi connectivity index (χ1) is 13.5. The smallest absolute Gasteiger partial charge is 0.339 e. The van der Waals surface area contributed by atoms with Crippen LogP contribution in [-0.4, -0.2) is 53.7 Å². The van der Waals surface area contributed by atoms with Crippen molar-refractivity contribution in [1.29, 1.82) is 0 Å². The maximum atomic E-state index is 11.8. The van der Waals surface area contributed by atoms with Crippen LogP contribution in [0, 0.1) is 6.92 Å². The largest absolute Gasteiger partial charge is 0.462 e. The van der Waals surface area contributed by atoms with Gasteiger partial charge in [-0.2, -0.15) is 0 Å². The average molecular weight is 383 g/mol. The normalized spacial score (nSPS) is 14.9. The number of esters is 1. The van der Waals surface area contributed by atoms with E-state index in [4.69, 9.17) is 9.72 Å². The highest BCUT2D eigenvalue weighted by Gasteiger charge is 2.19. The van der Waals surface area contributed by atoms with Gasteiger partial charge in [0.25, 0.3) is 0 Å². The molecule has 7 heteroatoms. The summed E-state index contributed by atoms with van der Waals surface area (Å²) in [6, 6.07) is 5.74. The van der Waals surface area contributed by atoms with E-state index in [0.29, 0.717) is 18.1 Å². The molecule has 0 N–H and O–H groups in total. The molecule has 0 atom stereocenters. The summed E-state index contributed by atoms with van der Waals surface area (Å²) in [5, 5.41) is 0. The number of carbonyl (C=O) groups excluding carboxylic acids is 1. The third-order valence-corrected chi connectivity index (χ3v) is 4.78. The van der Waals surface area contributed by atoms with Gasteiger partial charge in [-0.25, -0.2) is 19.7 Å². The Morgan fingerprint density at radius 2 is 1.82 bits per heavy atom. The van der Waals surface area contributed by atoms with Gasteiger partial charge < -0.3 is 14.5 Å². The zero-order valence-electron chi connectivity index (χ0n) is 17.2. The molecule has 28 heavy (non-hydrogen) atoms. The van der Waals surface area contributed by atoms with Crippen LogP contribution in [0.5, 0.6) is 0 Å². The fourth-order valence-corrected chi connectivity index (χ4v) is 3.28. The van der Waals surface area contributed by atoms with Gasteiger partial charge in [-0.1, -0.05) is 13.8 Å². The lowest BCUT2D eigenvalue weighted by molar-refractivity contribution is 0.0526. The van der Waals surface area contributed by atoms with E-state index in [-0.39, 0.29) is 5.97 Å². The first-order valence-corrected chi connectivity index (χ1v) is 9.96. The van der Waals surface area contributed by atoms with E-state index >= 15 is 0 Å². The van der Waals surface area contributed by atoms with E-state index in [1.165, 1.54) is 0 Å². The predicted octanol–water partition coefficient (Wildman–Crippen LogP) is 3.20. The van der Waals surface area contributed by atoms with Crippen LogP contribution in [0.25, 0.3) is 0 Å². The zero-order valence-corrected chi connectivity index (χ0v) is 17.2. The monoisotopic (exact) mass is 383 g/mol. The Kier molecular flexibility index (Phi) is 6.44. The molecule has 1 aliphatic heterocycles. The van der Waals surface area contributed by atoms with Crippen molar-refractivity contribution in [1.82, 2.24) is 15.0 Å². The molecule has 2 aromatic heterocycles. The molecule has 150 valence electrons. The Bertz CT molecular complexity index is 807. The van der Waals surface area contributed by atoms with Gasteiger partial charge in [-0.15, -0.1) is 0 Å². The SMILES string of the molecule is CCOC(=O)c1ccc(N2CCCN(c3cc(C)nc(C(C)C)n3)CC2)nc1. The van der Waals surface area contributed by atoms with Gasteiger partial charge in [0.1, 0.15) is 17.5 Å². The molecule has 0 aliphatic carbocycles. The molecule has 3 heterocycles. The third kappa shape index (κ3) is 4.77. The van der Waals surface area contributed by atoms with E-state index in [9.17, 15) is 4.79 Å². The Morgan fingerprint density at radius 1 is 1.11 bits per heavy atom. The first-order valence-electron chi connectivity index (χ1n) is 9.96. The third-order valence-electron chi connectivity index (χ3n) is 4.78. The molecular formula is C21H29N5O2. The summed E-state index contributed by atoms with van der Waals surface area (Å²) < 4.78 is 5.02. The van der Waals surface area contributed by atoms with Crippen LogP contribution in [0.2, 0.25) is 0 Å². The second-order valence-corrected chi connectivity index (χ2v) is 7.33. The number of aryl methyl sites for hydroxylation is 1. The van der Waals surface area contributed by atoms with Crippen LogP contribution in [0.3, 0.4) is 0 Å². The summed E-state index contributed by atoms with van der Waals surface area (Å²) in [6.07, 6.45) is 2.61. The van der Waals surface area contributed by atoms with Crippen molar-refractivity contribution in [3.05, 3.63) is 41.5 Å². The number of nitrogens with zero attached hydrogens (tertiary/aromatic N) is 5. The Hall–Kier alpha value is -2.70. The quantitative estimate of drug-likeness (QED) is 0.734. The van der Waals surface area contributed by atoms with E-state index < -0.39 is 0 Å². The number of aromatic nitrogens is 3. The topological polar surface area (TPSA) is 71.5 Å². The molecule has 0 unspecified atom stereocenters. The molecule has 0 saturated carbocycles. The van der Waals surface area contributed by atoms with Crippen LogP contribution in [0.15, 0.2) is 24.4 Å². The van der Waals surface area contributed by atoms with E-state index in [1.807, 2.05) is 13.0 Å². The number of pyridine rings is 1. The summed E-state index contributed by atoms with van der Waals surface area (Å²) >= 11 is 0. The number of ether oxygens (including phenoxy) is 1. The van der Waals surface area contributed by atoms with Gasteiger partial charge in [0.05, 0.1) is 12.2 Å². The summed E-state index contributed by atoms with van der Waals surface area (Å²) in [4.78, 5) is 30.2. The Morgan fingerprint density at radius 3 is 2.43 bits per heavy atom. The molecule has 3 rings (SSSR count). The molecule has 0 aromatic carbocycles. The highest BCUT2D eigenvalue weighted by molar-refractivity contribution is 5.89. The van der Waals surface area contributed by atoms with Crippen molar-refractivity contribution in [2.75, 3.05) is 42.6 Å². The number of hydrogen-bond donors (Lipinski definition) is 0. The lowest BCUT2D eigenvalue weighted by Gasteiger charge is -2.24. The molecule has 0 bridgehead atoms. The minimum Gasteiger partial charge on any atom is -0.462 e. The van der Waals surface area contributed by atoms with E-state index in [0.717, 1.165) is 55.8 Å². The molecule has 1 fully saturated rings. The van der Waals surface area contributed by atoms with Crippen LogP contribution >= 0.6 is 0 Å². The second-order valence-electron chi connectivity index (χ2n) is 7.33. The van der Waals surface area contributed by atoms with Gasteiger partial charge in [-0.05, 0) is 32.4 Å². The van der Waals surface area contributed by atoms with Crippen molar-refractivity contribution in [3.63, 3.8) is 0 Å². The molecule has 1 aliphatic rings. The van der Waals surface area contributed by atoms with Gasteiger partial charge in [0, 0.05) is 50.1 Å². The Labute approximate surface area is 166 Å². The molecule has 1 saturated heterocycles. The standard InChI is InChI=1S/C21H29N5O2/c1-5-28-21(27)17-7-8-18(22-14-17)25-9-6-10-26(12-11-25)19-13-16(4)23-20(24-19)15(2)3/h7-8,13-15H,5-6,9-12H2,1-4H3. The maximum Gasteiger partial charge on any atom is 0.339 e. The van der Waals surface area contributed by atoms with Crippen LogP contribution < -0.4 is 9.80 Å². The highest BCUT2D eigenvalue weighted by Crippen LogP contribution is 2.20. The number of rotatable bonds is 5. The summed E-state index contributed by atoms with van der Waals surface area (Å²) in [7, 11) is 0. The van der Waals surface area contributed by atoms with Gasteiger partial charge in [0.2, 0.25) is 0 Å². The zero-order chi connectivity index (χ0) is 20.1. The lowest BCUT2D eigenvalue weighted by atomic mass is 10.2. The fourth-order valence-electron chi connectivity index (χ4n) is 3.28. The molecular weight excluding hydrogens is 354 g/mol. The van der Waals surface area contributed by atoms with Crippen LogP contribution in [-0.2, 0) is 4.74 Å². The number of hydrogen-bond acceptors (Lipinski definition) is 7. The maximum absolute atomic E-state index is 11.8. The van der Waals surface area contributed by atoms with Gasteiger partial charge in [0.15, 0.2) is 0 Å². The van der Waals surface area contributed by atoms with E-state index in [2.05, 4.69) is 39.7 Å². The van der Waals surface area contributed by atoms with Gasteiger partial charge >= 0.3 is 5.97 Å². The molecule has 2 aromatic rings. The Balaban J connectivity index is 1.69. The van der Waals surface area contributed by atoms with Crippen molar-refractivity contribution in [2.45, 2.75) is 40.0 Å². The summed E-state index contributed by atoms with van der Waals surface area (Å²) in [5.41, 5.74) is 1.49. The molecule has 7 nitrogen and oxygen atoms in total. The van der Waals surface area contributed by atoms with Crippen LogP contribution in [0.4, 0.5) is 11.6 Å². The van der Waals surface area contributed by atoms with Crippen molar-refractivity contribution < 1.29 is 9.53 Å². The van der Waals surface area contributed by atoms with Crippen molar-refractivity contribution in [3.8, 4) is 0 Å². The summed E-state index contributed by atoms with van der Waals surface area (Å²) in [5.74, 6) is 2.76. The van der Waals surface area contributed by atoms with Crippen molar-refractivity contribution in [2.24, 2.45) is 0 Å². The average Bonchev–Trinajstić information content (AvgIpc) is 2.94. The van der Waals surface area contributed by atoms with Gasteiger partial charge in [-0.3, -0.25) is 0 Å². The minimum atomic E-state index is -0.330. The van der Waals surface area contributed by atoms with Crippen molar-refractivity contribution >= 4 is 17.6 Å². The molecule has 0 radical (unpaired) electrons. The lowest BCUT2D eigenvalue weighted by Crippen LogP contribution is -2.32. The highest BCUT2D eigenvalue weighted by atomic mass is 16.5. The second kappa shape index (κ2) is 8.99. The molecule has 0 spiro atoms. The summed E-state index contributed by atoms with van der Waals surface area (Å²) in [6.45, 7) is 12.0. The number of anilines is 2. The number of carbonyl (C=O) groups is 1. The molecule has 0 amide bonds. The van der Waals surface area contributed by atoms with Crippen LogP contribution in [0.1, 0.15) is 55.0 Å².